The summed E-state index contributed by atoms with van der Waals surface area (Å²) in [5, 5.41) is 2.88. The first kappa shape index (κ1) is 15.1. The highest BCUT2D eigenvalue weighted by Crippen LogP contribution is 2.33. The molecule has 0 fully saturated rings. The maximum Gasteiger partial charge on any atom is 0.255 e. The van der Waals surface area contributed by atoms with Crippen molar-refractivity contribution in [3.05, 3.63) is 56.0 Å². The molecule has 3 nitrogen and oxygen atoms in total. The highest BCUT2D eigenvalue weighted by Gasteiger charge is 2.12. The van der Waals surface area contributed by atoms with E-state index in [-0.39, 0.29) is 5.91 Å². The topological polar surface area (TPSA) is 55.1 Å². The molecule has 3 N–H and O–H groups in total. The molecule has 0 aliphatic heterocycles. The number of amides is 1. The van der Waals surface area contributed by atoms with Crippen molar-refractivity contribution in [1.29, 1.82) is 0 Å². The van der Waals surface area contributed by atoms with Crippen LogP contribution in [0.4, 0.5) is 11.4 Å². The summed E-state index contributed by atoms with van der Waals surface area (Å²) in [6.45, 7) is 4.01. The Kier molecular flexibility index (Phi) is 4.50. The third kappa shape index (κ3) is 3.22. The molecule has 2 aromatic rings. The van der Waals surface area contributed by atoms with Crippen LogP contribution < -0.4 is 11.1 Å². The van der Waals surface area contributed by atoms with Crippen molar-refractivity contribution in [1.82, 2.24) is 0 Å². The summed E-state index contributed by atoms with van der Waals surface area (Å²) in [7, 11) is 0. The zero-order valence-corrected chi connectivity index (χ0v) is 14.3. The maximum absolute atomic E-state index is 12.3. The Morgan fingerprint density at radius 1 is 1.05 bits per heavy atom. The average Bonchev–Trinajstić information content (AvgIpc) is 2.36. The standard InChI is InChI=1S/C15H14Br2N2O/c1-8-3-4-10(5-9(8)2)15(20)19-14-12(16)6-11(18)7-13(14)17/h3-7H,18H2,1-2H3,(H,19,20). The summed E-state index contributed by atoms with van der Waals surface area (Å²) < 4.78 is 1.48. The van der Waals surface area contributed by atoms with Crippen LogP contribution >= 0.6 is 31.9 Å². The van der Waals surface area contributed by atoms with Gasteiger partial charge >= 0.3 is 0 Å². The van der Waals surface area contributed by atoms with Crippen LogP contribution in [0.3, 0.4) is 0 Å². The third-order valence-corrected chi connectivity index (χ3v) is 4.32. The van der Waals surface area contributed by atoms with E-state index in [4.69, 9.17) is 5.73 Å². The molecule has 1 amide bonds. The van der Waals surface area contributed by atoms with E-state index >= 15 is 0 Å². The van der Waals surface area contributed by atoms with Gasteiger partial charge in [0.25, 0.3) is 5.91 Å². The third-order valence-electron chi connectivity index (χ3n) is 3.07. The Bertz CT molecular complexity index is 661. The highest BCUT2D eigenvalue weighted by molar-refractivity contribution is 9.11. The van der Waals surface area contributed by atoms with Crippen molar-refractivity contribution in [3.63, 3.8) is 0 Å². The van der Waals surface area contributed by atoms with Crippen LogP contribution in [0.1, 0.15) is 21.5 Å². The molecule has 0 saturated heterocycles. The smallest absolute Gasteiger partial charge is 0.255 e. The van der Waals surface area contributed by atoms with Gasteiger partial charge in [-0.05, 0) is 81.1 Å². The lowest BCUT2D eigenvalue weighted by atomic mass is 10.1. The van der Waals surface area contributed by atoms with Gasteiger partial charge in [-0.25, -0.2) is 0 Å². The first-order valence-corrected chi connectivity index (χ1v) is 7.60. The molecule has 0 spiro atoms. The largest absolute Gasteiger partial charge is 0.399 e. The number of hydrogen-bond acceptors (Lipinski definition) is 2. The summed E-state index contributed by atoms with van der Waals surface area (Å²) in [5.74, 6) is -0.153. The summed E-state index contributed by atoms with van der Waals surface area (Å²) in [4.78, 5) is 12.3. The van der Waals surface area contributed by atoms with Gasteiger partial charge in [0, 0.05) is 20.2 Å². The minimum absolute atomic E-state index is 0.153. The van der Waals surface area contributed by atoms with Crippen molar-refractivity contribution < 1.29 is 4.79 Å². The Morgan fingerprint density at radius 3 is 2.20 bits per heavy atom. The van der Waals surface area contributed by atoms with Crippen molar-refractivity contribution >= 4 is 49.1 Å². The van der Waals surface area contributed by atoms with Crippen LogP contribution in [0.5, 0.6) is 0 Å². The van der Waals surface area contributed by atoms with Crippen LogP contribution in [0.25, 0.3) is 0 Å². The van der Waals surface area contributed by atoms with Crippen LogP contribution in [0, 0.1) is 13.8 Å². The number of hydrogen-bond donors (Lipinski definition) is 2. The molecule has 2 rings (SSSR count). The first-order chi connectivity index (χ1) is 9.38. The summed E-state index contributed by atoms with van der Waals surface area (Å²) >= 11 is 6.80. The fraction of sp³-hybridized carbons (Fsp3) is 0.133. The van der Waals surface area contributed by atoms with Gasteiger partial charge in [0.1, 0.15) is 0 Å². The van der Waals surface area contributed by atoms with Crippen LogP contribution in [-0.4, -0.2) is 5.91 Å². The number of benzene rings is 2. The van der Waals surface area contributed by atoms with E-state index in [1.165, 1.54) is 0 Å². The lowest BCUT2D eigenvalue weighted by Gasteiger charge is -2.11. The molecular formula is C15H14Br2N2O. The molecule has 0 unspecified atom stereocenters. The number of anilines is 2. The molecule has 2 aromatic carbocycles. The number of carbonyl (C=O) groups excluding carboxylic acids is 1. The number of nitrogens with one attached hydrogen (secondary N) is 1. The Labute approximate surface area is 134 Å². The monoisotopic (exact) mass is 396 g/mol. The second-order valence-corrected chi connectivity index (χ2v) is 6.32. The van der Waals surface area contributed by atoms with Crippen molar-refractivity contribution in [2.45, 2.75) is 13.8 Å². The van der Waals surface area contributed by atoms with E-state index in [1.807, 2.05) is 32.0 Å². The Balaban J connectivity index is 2.30. The number of nitrogen functional groups attached to an aromatic ring is 1. The predicted octanol–water partition coefficient (Wildman–Crippen LogP) is 4.66. The first-order valence-electron chi connectivity index (χ1n) is 6.01. The molecule has 0 bridgehead atoms. The quantitative estimate of drug-likeness (QED) is 0.723. The molecule has 0 heterocycles. The molecule has 0 aliphatic carbocycles. The SMILES string of the molecule is Cc1ccc(C(=O)Nc2c(Br)cc(N)cc2Br)cc1C. The van der Waals surface area contributed by atoms with E-state index in [2.05, 4.69) is 37.2 Å². The Hall–Kier alpha value is -1.33. The van der Waals surface area contributed by atoms with Crippen molar-refractivity contribution in [3.8, 4) is 0 Å². The van der Waals surface area contributed by atoms with Gasteiger partial charge in [-0.1, -0.05) is 6.07 Å². The van der Waals surface area contributed by atoms with Crippen LogP contribution in [0.2, 0.25) is 0 Å². The second kappa shape index (κ2) is 5.97. The van der Waals surface area contributed by atoms with E-state index < -0.39 is 0 Å². The molecule has 104 valence electrons. The van der Waals surface area contributed by atoms with Gasteiger partial charge in [0.05, 0.1) is 5.69 Å². The fourth-order valence-electron chi connectivity index (χ4n) is 1.78. The van der Waals surface area contributed by atoms with Gasteiger partial charge in [-0.15, -0.1) is 0 Å². The molecule has 0 aliphatic rings. The number of rotatable bonds is 2. The van der Waals surface area contributed by atoms with Crippen molar-refractivity contribution in [2.75, 3.05) is 11.1 Å². The number of aryl methyl sites for hydroxylation is 2. The van der Waals surface area contributed by atoms with Gasteiger partial charge in [0.15, 0.2) is 0 Å². The number of halogens is 2. The summed E-state index contributed by atoms with van der Waals surface area (Å²) in [6.07, 6.45) is 0. The van der Waals surface area contributed by atoms with Gasteiger partial charge < -0.3 is 11.1 Å². The van der Waals surface area contributed by atoms with Gasteiger partial charge in [-0.3, -0.25) is 4.79 Å². The Morgan fingerprint density at radius 2 is 1.65 bits per heavy atom. The van der Waals surface area contributed by atoms with E-state index in [1.54, 1.807) is 12.1 Å². The average molecular weight is 398 g/mol. The number of nitrogens with two attached hydrogens (primary N) is 1. The van der Waals surface area contributed by atoms with Crippen molar-refractivity contribution in [2.24, 2.45) is 0 Å². The zero-order valence-electron chi connectivity index (χ0n) is 11.1. The zero-order chi connectivity index (χ0) is 14.9. The molecule has 0 saturated carbocycles. The fourth-order valence-corrected chi connectivity index (χ4v) is 3.20. The van der Waals surface area contributed by atoms with Gasteiger partial charge in [-0.2, -0.15) is 0 Å². The molecular weight excluding hydrogens is 384 g/mol. The van der Waals surface area contributed by atoms with Crippen LogP contribution in [0.15, 0.2) is 39.3 Å². The highest BCUT2D eigenvalue weighted by atomic mass is 79.9. The maximum atomic E-state index is 12.3. The molecule has 0 atom stereocenters. The second-order valence-electron chi connectivity index (χ2n) is 4.61. The lowest BCUT2D eigenvalue weighted by Crippen LogP contribution is -2.13. The van der Waals surface area contributed by atoms with E-state index in [0.29, 0.717) is 16.9 Å². The normalized spacial score (nSPS) is 10.4. The minimum atomic E-state index is -0.153. The predicted molar refractivity (Wildman–Crippen MR) is 90.1 cm³/mol. The van der Waals surface area contributed by atoms with E-state index in [9.17, 15) is 4.79 Å². The lowest BCUT2D eigenvalue weighted by molar-refractivity contribution is 0.102. The van der Waals surface area contributed by atoms with Crippen LogP contribution in [-0.2, 0) is 0 Å². The molecule has 5 heteroatoms. The minimum Gasteiger partial charge on any atom is -0.399 e. The summed E-state index contributed by atoms with van der Waals surface area (Å²) in [6, 6.07) is 9.14. The van der Waals surface area contributed by atoms with E-state index in [0.717, 1.165) is 20.1 Å². The molecule has 0 aromatic heterocycles. The number of carbonyl (C=O) groups is 1. The molecule has 20 heavy (non-hydrogen) atoms. The van der Waals surface area contributed by atoms with Gasteiger partial charge in [0.2, 0.25) is 0 Å². The summed E-state index contributed by atoms with van der Waals surface area (Å²) in [5.41, 5.74) is 9.90. The molecule has 0 radical (unpaired) electrons.